The molecule has 0 aliphatic heterocycles. The molecule has 0 N–H and O–H groups in total. The van der Waals surface area contributed by atoms with Crippen LogP contribution < -0.4 is 9.64 Å². The monoisotopic (exact) mass is 498 g/mol. The fourth-order valence-electron chi connectivity index (χ4n) is 3.67. The van der Waals surface area contributed by atoms with E-state index in [1.807, 2.05) is 79.1 Å². The van der Waals surface area contributed by atoms with Crippen molar-refractivity contribution in [1.29, 1.82) is 5.26 Å². The van der Waals surface area contributed by atoms with Gasteiger partial charge in [-0.1, -0.05) is 41.6 Å². The Balaban J connectivity index is 1.67. The zero-order valence-electron chi connectivity index (χ0n) is 20.2. The number of nitrogens with zero attached hydrogens (tertiary/aromatic N) is 6. The van der Waals surface area contributed by atoms with Crippen molar-refractivity contribution in [3.8, 4) is 28.9 Å². The molecule has 4 rings (SSSR count). The van der Waals surface area contributed by atoms with Crippen molar-refractivity contribution < 1.29 is 9.53 Å². The molecule has 0 atom stereocenters. The van der Waals surface area contributed by atoms with Crippen LogP contribution in [0.4, 0.5) is 5.69 Å². The Kier molecular flexibility index (Phi) is 8.32. The highest BCUT2D eigenvalue weighted by atomic mass is 32.2. The molecule has 1 amide bonds. The van der Waals surface area contributed by atoms with Crippen LogP contribution in [0.1, 0.15) is 18.9 Å². The summed E-state index contributed by atoms with van der Waals surface area (Å²) in [5, 5.41) is 18.5. The van der Waals surface area contributed by atoms with Crippen LogP contribution in [0.15, 0.2) is 78.2 Å². The molecule has 0 radical (unpaired) electrons. The summed E-state index contributed by atoms with van der Waals surface area (Å²) >= 11 is 1.29. The number of nitriles is 1. The van der Waals surface area contributed by atoms with E-state index >= 15 is 0 Å². The van der Waals surface area contributed by atoms with Gasteiger partial charge in [-0.3, -0.25) is 14.3 Å². The summed E-state index contributed by atoms with van der Waals surface area (Å²) in [4.78, 5) is 19.2. The van der Waals surface area contributed by atoms with E-state index in [9.17, 15) is 4.79 Å². The minimum absolute atomic E-state index is 0.116. The lowest BCUT2D eigenvalue weighted by atomic mass is 10.2. The van der Waals surface area contributed by atoms with Gasteiger partial charge in [0.05, 0.1) is 30.5 Å². The molecule has 0 aliphatic carbocycles. The molecule has 4 aromatic rings. The number of thioether (sulfide) groups is 1. The van der Waals surface area contributed by atoms with Crippen molar-refractivity contribution in [3.05, 3.63) is 78.6 Å². The molecule has 182 valence electrons. The fourth-order valence-corrected chi connectivity index (χ4v) is 4.49. The van der Waals surface area contributed by atoms with Gasteiger partial charge in [0.15, 0.2) is 11.0 Å². The van der Waals surface area contributed by atoms with Gasteiger partial charge in [-0.25, -0.2) is 0 Å². The topological polar surface area (TPSA) is 96.9 Å². The third-order valence-corrected chi connectivity index (χ3v) is 6.29. The molecule has 0 saturated carbocycles. The number of ether oxygens (including phenoxy) is 1. The average molecular weight is 499 g/mol. The van der Waals surface area contributed by atoms with Crippen molar-refractivity contribution in [2.75, 3.05) is 23.8 Å². The van der Waals surface area contributed by atoms with Crippen LogP contribution in [0.5, 0.6) is 5.75 Å². The number of amides is 1. The molecule has 0 aliphatic rings. The first-order valence-electron chi connectivity index (χ1n) is 11.6. The first kappa shape index (κ1) is 24.9. The zero-order chi connectivity index (χ0) is 25.3. The Labute approximate surface area is 214 Å². The van der Waals surface area contributed by atoms with Gasteiger partial charge in [0.2, 0.25) is 5.91 Å². The number of hydrogen-bond donors (Lipinski definition) is 0. The third-order valence-electron chi connectivity index (χ3n) is 5.38. The van der Waals surface area contributed by atoms with Crippen LogP contribution in [0.25, 0.3) is 17.1 Å². The molecule has 8 nitrogen and oxygen atoms in total. The number of rotatable bonds is 10. The first-order chi connectivity index (χ1) is 17.6. The second-order valence-electron chi connectivity index (χ2n) is 7.86. The van der Waals surface area contributed by atoms with Gasteiger partial charge in [0, 0.05) is 30.2 Å². The number of anilines is 1. The smallest absolute Gasteiger partial charge is 0.237 e. The quantitative estimate of drug-likeness (QED) is 0.281. The third kappa shape index (κ3) is 5.73. The number of para-hydroxylation sites is 2. The maximum Gasteiger partial charge on any atom is 0.237 e. The summed E-state index contributed by atoms with van der Waals surface area (Å²) in [5.41, 5.74) is 3.44. The van der Waals surface area contributed by atoms with E-state index in [1.54, 1.807) is 17.3 Å². The number of carbonyl (C=O) groups is 1. The summed E-state index contributed by atoms with van der Waals surface area (Å²) in [7, 11) is 0. The van der Waals surface area contributed by atoms with Crippen LogP contribution in [-0.2, 0) is 4.79 Å². The predicted octanol–water partition coefficient (Wildman–Crippen LogP) is 5.08. The SMILES string of the molecule is CCOc1ccccc1-n1c(SCC(=O)N(CCC#N)c2ccc(C)cc2)nnc1-c1cccnc1. The van der Waals surface area contributed by atoms with E-state index in [-0.39, 0.29) is 18.1 Å². The number of pyridine rings is 1. The van der Waals surface area contributed by atoms with Crippen LogP contribution in [0.3, 0.4) is 0 Å². The van der Waals surface area contributed by atoms with E-state index in [2.05, 4.69) is 21.3 Å². The van der Waals surface area contributed by atoms with E-state index in [0.29, 0.717) is 29.9 Å². The van der Waals surface area contributed by atoms with Crippen LogP contribution in [0.2, 0.25) is 0 Å². The summed E-state index contributed by atoms with van der Waals surface area (Å²) in [6, 6.07) is 21.3. The van der Waals surface area contributed by atoms with E-state index in [4.69, 9.17) is 10.00 Å². The first-order valence-corrected chi connectivity index (χ1v) is 12.6. The Morgan fingerprint density at radius 2 is 1.92 bits per heavy atom. The lowest BCUT2D eigenvalue weighted by Crippen LogP contribution is -2.33. The van der Waals surface area contributed by atoms with Gasteiger partial charge in [-0.05, 0) is 50.2 Å². The molecule has 36 heavy (non-hydrogen) atoms. The average Bonchev–Trinajstić information content (AvgIpc) is 3.33. The normalized spacial score (nSPS) is 10.6. The molecule has 0 saturated heterocycles. The molecule has 2 aromatic carbocycles. The molecule has 2 heterocycles. The highest BCUT2D eigenvalue weighted by Gasteiger charge is 2.22. The van der Waals surface area contributed by atoms with Gasteiger partial charge in [0.25, 0.3) is 0 Å². The Bertz CT molecular complexity index is 1350. The highest BCUT2D eigenvalue weighted by Crippen LogP contribution is 2.32. The van der Waals surface area contributed by atoms with Crippen molar-refractivity contribution in [1.82, 2.24) is 19.7 Å². The van der Waals surface area contributed by atoms with Crippen molar-refractivity contribution in [2.24, 2.45) is 0 Å². The molecule has 9 heteroatoms. The maximum absolute atomic E-state index is 13.3. The van der Waals surface area contributed by atoms with Crippen LogP contribution in [0, 0.1) is 18.3 Å². The molecular weight excluding hydrogens is 472 g/mol. The predicted molar refractivity (Wildman–Crippen MR) is 140 cm³/mol. The fraction of sp³-hybridized carbons (Fsp3) is 0.222. The molecule has 0 spiro atoms. The molecule has 0 unspecified atom stereocenters. The van der Waals surface area contributed by atoms with Crippen molar-refractivity contribution >= 4 is 23.4 Å². The van der Waals surface area contributed by atoms with Crippen molar-refractivity contribution in [2.45, 2.75) is 25.4 Å². The lowest BCUT2D eigenvalue weighted by Gasteiger charge is -2.22. The molecule has 0 bridgehead atoms. The number of hydrogen-bond acceptors (Lipinski definition) is 7. The summed E-state index contributed by atoms with van der Waals surface area (Å²) < 4.78 is 7.77. The standard InChI is InChI=1S/C27H26N6O2S/c1-3-35-24-10-5-4-9-23(24)33-26(21-8-6-16-29-18-21)30-31-27(33)36-19-25(34)32(17-7-15-28)22-13-11-20(2)12-14-22/h4-6,8-14,16,18H,3,7,17,19H2,1-2H3. The number of aryl methyl sites for hydroxylation is 1. The second kappa shape index (κ2) is 12.0. The Morgan fingerprint density at radius 3 is 2.64 bits per heavy atom. The largest absolute Gasteiger partial charge is 0.492 e. The minimum atomic E-state index is -0.116. The van der Waals surface area contributed by atoms with Crippen LogP contribution in [-0.4, -0.2) is 44.6 Å². The number of benzene rings is 2. The van der Waals surface area contributed by atoms with E-state index in [1.165, 1.54) is 11.8 Å². The molecule has 2 aromatic heterocycles. The summed E-state index contributed by atoms with van der Waals surface area (Å²) in [5.74, 6) is 1.30. The second-order valence-corrected chi connectivity index (χ2v) is 8.80. The zero-order valence-corrected chi connectivity index (χ0v) is 21.0. The summed E-state index contributed by atoms with van der Waals surface area (Å²) in [6.45, 7) is 4.75. The van der Waals surface area contributed by atoms with E-state index in [0.717, 1.165) is 22.5 Å². The number of carbonyl (C=O) groups excluding carboxylic acids is 1. The van der Waals surface area contributed by atoms with E-state index < -0.39 is 0 Å². The van der Waals surface area contributed by atoms with Gasteiger partial charge in [-0.2, -0.15) is 5.26 Å². The van der Waals surface area contributed by atoms with Gasteiger partial charge < -0.3 is 9.64 Å². The Morgan fingerprint density at radius 1 is 1.11 bits per heavy atom. The van der Waals surface area contributed by atoms with Crippen LogP contribution >= 0.6 is 11.8 Å². The molecule has 0 fully saturated rings. The lowest BCUT2D eigenvalue weighted by molar-refractivity contribution is -0.116. The molecular formula is C27H26N6O2S. The van der Waals surface area contributed by atoms with Crippen molar-refractivity contribution in [3.63, 3.8) is 0 Å². The van der Waals surface area contributed by atoms with Gasteiger partial charge >= 0.3 is 0 Å². The summed E-state index contributed by atoms with van der Waals surface area (Å²) in [6.07, 6.45) is 3.67. The Hall–Kier alpha value is -4.16. The van der Waals surface area contributed by atoms with Gasteiger partial charge in [-0.15, -0.1) is 10.2 Å². The van der Waals surface area contributed by atoms with Gasteiger partial charge in [0.1, 0.15) is 5.75 Å². The maximum atomic E-state index is 13.3. The highest BCUT2D eigenvalue weighted by molar-refractivity contribution is 7.99. The minimum Gasteiger partial charge on any atom is -0.492 e. The number of aromatic nitrogens is 4.